The number of hydrogen-bond acceptors (Lipinski definition) is 5. The molecule has 120 valence electrons. The number of rotatable bonds is 5. The van der Waals surface area contributed by atoms with Crippen molar-refractivity contribution in [2.75, 3.05) is 0 Å². The molecule has 2 aromatic rings. The van der Waals surface area contributed by atoms with Crippen LogP contribution in [0.2, 0.25) is 0 Å². The van der Waals surface area contributed by atoms with E-state index in [0.29, 0.717) is 4.88 Å². The largest absolute Gasteiger partial charge is 0.247 e. The third-order valence-corrected chi connectivity index (χ3v) is 7.07. The summed E-state index contributed by atoms with van der Waals surface area (Å²) in [5.41, 5.74) is 1.89. The maximum atomic E-state index is 12.2. The second-order valence-corrected chi connectivity index (χ2v) is 9.56. The lowest BCUT2D eigenvalue weighted by Crippen LogP contribution is -2.22. The Morgan fingerprint density at radius 3 is 2.27 bits per heavy atom. The molecule has 0 unspecified atom stereocenters. The molecule has 0 radical (unpaired) electrons. The molecule has 0 atom stereocenters. The molecule has 9 heteroatoms. The highest BCUT2D eigenvalue weighted by Gasteiger charge is 2.16. The van der Waals surface area contributed by atoms with Crippen molar-refractivity contribution in [2.24, 2.45) is 5.14 Å². The van der Waals surface area contributed by atoms with Crippen molar-refractivity contribution in [3.8, 4) is 0 Å². The van der Waals surface area contributed by atoms with E-state index in [1.54, 1.807) is 12.1 Å². The van der Waals surface area contributed by atoms with Crippen molar-refractivity contribution < 1.29 is 16.8 Å². The predicted octanol–water partition coefficient (Wildman–Crippen LogP) is 1.49. The lowest BCUT2D eigenvalue weighted by Gasteiger charge is -2.07. The maximum Gasteiger partial charge on any atom is 0.247 e. The highest BCUT2D eigenvalue weighted by atomic mass is 32.2. The molecule has 1 aromatic heterocycles. The lowest BCUT2D eigenvalue weighted by atomic mass is 10.1. The molecule has 0 saturated carbocycles. The molecule has 6 nitrogen and oxygen atoms in total. The SMILES string of the molecule is Cc1ccc(S(=O)(=O)NCc2ccc(S(N)(=O)=O)s2)cc1C. The third kappa shape index (κ3) is 3.93. The Kier molecular flexibility index (Phi) is 4.73. The second-order valence-electron chi connectivity index (χ2n) is 4.84. The first-order valence-corrected chi connectivity index (χ1v) is 10.1. The number of primary sulfonamides is 1. The fourth-order valence-electron chi connectivity index (χ4n) is 1.74. The van der Waals surface area contributed by atoms with E-state index in [2.05, 4.69) is 4.72 Å². The van der Waals surface area contributed by atoms with E-state index in [4.69, 9.17) is 5.14 Å². The topological polar surface area (TPSA) is 106 Å². The molecule has 0 spiro atoms. The number of nitrogens with two attached hydrogens (primary N) is 1. The summed E-state index contributed by atoms with van der Waals surface area (Å²) in [6, 6.07) is 7.78. The van der Waals surface area contributed by atoms with E-state index in [1.807, 2.05) is 13.8 Å². The highest BCUT2D eigenvalue weighted by Crippen LogP contribution is 2.21. The van der Waals surface area contributed by atoms with Crippen LogP contribution in [-0.4, -0.2) is 16.8 Å². The van der Waals surface area contributed by atoms with Gasteiger partial charge in [0.05, 0.1) is 4.90 Å². The molecule has 22 heavy (non-hydrogen) atoms. The molecule has 0 amide bonds. The van der Waals surface area contributed by atoms with Gasteiger partial charge in [-0.2, -0.15) is 0 Å². The fourth-order valence-corrected chi connectivity index (χ4v) is 4.64. The Morgan fingerprint density at radius 1 is 1.05 bits per heavy atom. The van der Waals surface area contributed by atoms with Crippen molar-refractivity contribution >= 4 is 31.4 Å². The molecule has 1 heterocycles. The van der Waals surface area contributed by atoms with Gasteiger partial charge >= 0.3 is 0 Å². The first kappa shape index (κ1) is 17.1. The Morgan fingerprint density at radius 2 is 1.73 bits per heavy atom. The van der Waals surface area contributed by atoms with Gasteiger partial charge in [-0.05, 0) is 49.2 Å². The summed E-state index contributed by atoms with van der Waals surface area (Å²) in [5.74, 6) is 0. The van der Waals surface area contributed by atoms with Gasteiger partial charge in [0.2, 0.25) is 20.0 Å². The molecule has 0 aliphatic rings. The standard InChI is InChI=1S/C13H16N2O4S3/c1-9-3-5-12(7-10(9)2)22(18,19)15-8-11-4-6-13(20-11)21(14,16)17/h3-7,15H,8H2,1-2H3,(H2,14,16,17). The smallest absolute Gasteiger partial charge is 0.224 e. The average Bonchev–Trinajstić information content (AvgIpc) is 2.88. The molecule has 0 saturated heterocycles. The maximum absolute atomic E-state index is 12.2. The summed E-state index contributed by atoms with van der Waals surface area (Å²) < 4.78 is 49.3. The summed E-state index contributed by atoms with van der Waals surface area (Å²) in [5, 5.41) is 5.02. The van der Waals surface area contributed by atoms with Gasteiger partial charge in [0.25, 0.3) is 0 Å². The van der Waals surface area contributed by atoms with Gasteiger partial charge in [-0.1, -0.05) is 6.07 Å². The number of nitrogens with one attached hydrogen (secondary N) is 1. The summed E-state index contributed by atoms with van der Waals surface area (Å²) in [4.78, 5) is 0.746. The number of sulfonamides is 2. The van der Waals surface area contributed by atoms with Crippen LogP contribution in [-0.2, 0) is 26.6 Å². The lowest BCUT2D eigenvalue weighted by molar-refractivity contribution is 0.581. The van der Waals surface area contributed by atoms with Gasteiger partial charge in [0, 0.05) is 11.4 Å². The molecular formula is C13H16N2O4S3. The Bertz CT molecular complexity index is 899. The number of benzene rings is 1. The monoisotopic (exact) mass is 360 g/mol. The number of aryl methyl sites for hydroxylation is 2. The number of hydrogen-bond donors (Lipinski definition) is 2. The van der Waals surface area contributed by atoms with Gasteiger partial charge in [0.1, 0.15) is 4.21 Å². The molecule has 1 aromatic carbocycles. The van der Waals surface area contributed by atoms with Crippen LogP contribution in [0.5, 0.6) is 0 Å². The van der Waals surface area contributed by atoms with E-state index in [1.165, 1.54) is 18.2 Å². The Hall–Kier alpha value is -1.26. The Labute approximate surface area is 134 Å². The third-order valence-electron chi connectivity index (χ3n) is 3.14. The van der Waals surface area contributed by atoms with Crippen molar-refractivity contribution in [2.45, 2.75) is 29.5 Å². The van der Waals surface area contributed by atoms with Gasteiger partial charge in [0.15, 0.2) is 0 Å². The van der Waals surface area contributed by atoms with Crippen LogP contribution in [0, 0.1) is 13.8 Å². The normalized spacial score (nSPS) is 12.5. The van der Waals surface area contributed by atoms with Crippen molar-refractivity contribution in [1.29, 1.82) is 0 Å². The van der Waals surface area contributed by atoms with Gasteiger partial charge in [-0.3, -0.25) is 0 Å². The molecular weight excluding hydrogens is 344 g/mol. The van der Waals surface area contributed by atoms with Crippen LogP contribution in [0.4, 0.5) is 0 Å². The Balaban J connectivity index is 2.16. The van der Waals surface area contributed by atoms with Crippen molar-refractivity contribution in [1.82, 2.24) is 4.72 Å². The minimum atomic E-state index is -3.76. The predicted molar refractivity (Wildman–Crippen MR) is 85.6 cm³/mol. The molecule has 3 N–H and O–H groups in total. The van der Waals surface area contributed by atoms with Crippen LogP contribution in [0.15, 0.2) is 39.4 Å². The average molecular weight is 360 g/mol. The van der Waals surface area contributed by atoms with Gasteiger partial charge in [-0.15, -0.1) is 11.3 Å². The van der Waals surface area contributed by atoms with Crippen molar-refractivity contribution in [3.63, 3.8) is 0 Å². The van der Waals surface area contributed by atoms with Gasteiger partial charge in [-0.25, -0.2) is 26.7 Å². The highest BCUT2D eigenvalue weighted by molar-refractivity contribution is 7.91. The summed E-state index contributed by atoms with van der Waals surface area (Å²) in [7, 11) is -7.41. The zero-order chi connectivity index (χ0) is 16.5. The first-order chi connectivity index (χ1) is 10.1. The molecule has 0 fully saturated rings. The summed E-state index contributed by atoms with van der Waals surface area (Å²) >= 11 is 0.941. The van der Waals surface area contributed by atoms with E-state index >= 15 is 0 Å². The van der Waals surface area contributed by atoms with E-state index < -0.39 is 20.0 Å². The van der Waals surface area contributed by atoms with E-state index in [-0.39, 0.29) is 15.6 Å². The zero-order valence-electron chi connectivity index (χ0n) is 12.0. The molecule has 0 aliphatic carbocycles. The molecule has 0 aliphatic heterocycles. The first-order valence-electron chi connectivity index (χ1n) is 6.28. The van der Waals surface area contributed by atoms with E-state index in [0.717, 1.165) is 22.5 Å². The second kappa shape index (κ2) is 6.09. The molecule has 2 rings (SSSR count). The van der Waals surface area contributed by atoms with E-state index in [9.17, 15) is 16.8 Å². The minimum absolute atomic E-state index is 0.00729. The van der Waals surface area contributed by atoms with Crippen LogP contribution in [0.25, 0.3) is 0 Å². The minimum Gasteiger partial charge on any atom is -0.224 e. The summed E-state index contributed by atoms with van der Waals surface area (Å²) in [6.07, 6.45) is 0. The van der Waals surface area contributed by atoms with Gasteiger partial charge < -0.3 is 0 Å². The van der Waals surface area contributed by atoms with Crippen LogP contribution >= 0.6 is 11.3 Å². The quantitative estimate of drug-likeness (QED) is 0.842. The van der Waals surface area contributed by atoms with Crippen LogP contribution in [0.1, 0.15) is 16.0 Å². The molecule has 0 bridgehead atoms. The fraction of sp³-hybridized carbons (Fsp3) is 0.231. The van der Waals surface area contributed by atoms with Crippen molar-refractivity contribution in [3.05, 3.63) is 46.3 Å². The van der Waals surface area contributed by atoms with Crippen LogP contribution < -0.4 is 9.86 Å². The zero-order valence-corrected chi connectivity index (χ0v) is 14.5. The van der Waals surface area contributed by atoms with Crippen LogP contribution in [0.3, 0.4) is 0 Å². The number of thiophene rings is 1. The summed E-state index contributed by atoms with van der Waals surface area (Å²) in [6.45, 7) is 3.75.